The van der Waals surface area contributed by atoms with Gasteiger partial charge in [0.15, 0.2) is 11.0 Å². The number of thioether (sulfide) groups is 1. The van der Waals surface area contributed by atoms with Gasteiger partial charge in [-0.2, -0.15) is 0 Å². The maximum Gasteiger partial charge on any atom is 0.226 e. The number of nitrogens with zero attached hydrogens (tertiary/aromatic N) is 4. The van der Waals surface area contributed by atoms with Crippen molar-refractivity contribution in [2.45, 2.75) is 24.4 Å². The minimum atomic E-state index is 0.564. The second-order valence-corrected chi connectivity index (χ2v) is 7.41. The van der Waals surface area contributed by atoms with Gasteiger partial charge in [-0.15, -0.1) is 16.8 Å². The van der Waals surface area contributed by atoms with Gasteiger partial charge in [0.2, 0.25) is 5.89 Å². The fourth-order valence-electron chi connectivity index (χ4n) is 2.74. The van der Waals surface area contributed by atoms with Crippen LogP contribution in [0.2, 0.25) is 5.02 Å². The molecule has 0 unspecified atom stereocenters. The van der Waals surface area contributed by atoms with Crippen LogP contribution in [-0.2, 0) is 12.3 Å². The minimum Gasteiger partial charge on any atom is -0.469 e. The van der Waals surface area contributed by atoms with Crippen LogP contribution in [0.1, 0.15) is 11.5 Å². The average molecular weight is 413 g/mol. The summed E-state index contributed by atoms with van der Waals surface area (Å²) in [5, 5.41) is 10.1. The number of aryl methyl sites for hydroxylation is 1. The number of hydrogen-bond acceptors (Lipinski definition) is 6. The second kappa shape index (κ2) is 8.08. The predicted molar refractivity (Wildman–Crippen MR) is 109 cm³/mol. The van der Waals surface area contributed by atoms with Gasteiger partial charge in [-0.1, -0.05) is 29.4 Å². The third-order valence-electron chi connectivity index (χ3n) is 4.12. The van der Waals surface area contributed by atoms with E-state index in [1.165, 1.54) is 0 Å². The van der Waals surface area contributed by atoms with E-state index in [-0.39, 0.29) is 0 Å². The normalized spacial score (nSPS) is 11.1. The third kappa shape index (κ3) is 3.76. The van der Waals surface area contributed by atoms with Gasteiger partial charge < -0.3 is 8.83 Å². The zero-order chi connectivity index (χ0) is 19.5. The molecule has 28 heavy (non-hydrogen) atoms. The van der Waals surface area contributed by atoms with E-state index in [0.29, 0.717) is 23.2 Å². The van der Waals surface area contributed by atoms with Gasteiger partial charge in [-0.25, -0.2) is 4.98 Å². The largest absolute Gasteiger partial charge is 0.469 e. The number of oxazole rings is 1. The van der Waals surface area contributed by atoms with Crippen molar-refractivity contribution in [3.63, 3.8) is 0 Å². The minimum absolute atomic E-state index is 0.564. The molecule has 3 heterocycles. The Labute approximate surface area is 171 Å². The average Bonchev–Trinajstić information content (AvgIpc) is 3.41. The van der Waals surface area contributed by atoms with Crippen molar-refractivity contribution >= 4 is 23.4 Å². The van der Waals surface area contributed by atoms with E-state index in [0.717, 1.165) is 33.6 Å². The molecule has 0 atom stereocenters. The van der Waals surface area contributed by atoms with E-state index in [4.69, 9.17) is 20.4 Å². The Morgan fingerprint density at radius 1 is 1.18 bits per heavy atom. The number of halogens is 1. The lowest BCUT2D eigenvalue weighted by Crippen LogP contribution is -2.00. The number of benzene rings is 1. The molecule has 0 fully saturated rings. The smallest absolute Gasteiger partial charge is 0.226 e. The molecule has 0 amide bonds. The van der Waals surface area contributed by atoms with Gasteiger partial charge in [0.05, 0.1) is 17.5 Å². The quantitative estimate of drug-likeness (QED) is 0.289. The Hall–Kier alpha value is -2.77. The lowest BCUT2D eigenvalue weighted by atomic mass is 10.2. The zero-order valence-electron chi connectivity index (χ0n) is 15.1. The Morgan fingerprint density at radius 3 is 2.71 bits per heavy atom. The molecule has 4 aromatic rings. The Bertz CT molecular complexity index is 1100. The second-order valence-electron chi connectivity index (χ2n) is 6.04. The first-order valence-corrected chi connectivity index (χ1v) is 9.93. The number of allylic oxidation sites excluding steroid dienone is 1. The summed E-state index contributed by atoms with van der Waals surface area (Å²) in [5.41, 5.74) is 2.63. The molecule has 0 aliphatic carbocycles. The molecule has 6 nitrogen and oxygen atoms in total. The highest BCUT2D eigenvalue weighted by molar-refractivity contribution is 7.98. The van der Waals surface area contributed by atoms with E-state index in [2.05, 4.69) is 21.8 Å². The number of furan rings is 1. The summed E-state index contributed by atoms with van der Waals surface area (Å²) in [6, 6.07) is 9.28. The number of aromatic nitrogens is 4. The Balaban J connectivity index is 1.52. The maximum absolute atomic E-state index is 5.93. The third-order valence-corrected chi connectivity index (χ3v) is 5.37. The molecule has 1 aromatic carbocycles. The fourth-order valence-corrected chi connectivity index (χ4v) is 3.69. The summed E-state index contributed by atoms with van der Waals surface area (Å²) in [6.45, 7) is 6.34. The highest BCUT2D eigenvalue weighted by Gasteiger charge is 2.17. The van der Waals surface area contributed by atoms with Gasteiger partial charge in [-0.05, 0) is 37.3 Å². The van der Waals surface area contributed by atoms with Crippen molar-refractivity contribution in [1.82, 2.24) is 19.7 Å². The molecule has 0 aliphatic rings. The van der Waals surface area contributed by atoms with Crippen LogP contribution in [0, 0.1) is 6.92 Å². The summed E-state index contributed by atoms with van der Waals surface area (Å²) in [4.78, 5) is 4.55. The van der Waals surface area contributed by atoms with Crippen LogP contribution in [0.3, 0.4) is 0 Å². The van der Waals surface area contributed by atoms with E-state index in [9.17, 15) is 0 Å². The van der Waals surface area contributed by atoms with Crippen molar-refractivity contribution < 1.29 is 8.83 Å². The van der Waals surface area contributed by atoms with Crippen LogP contribution < -0.4 is 0 Å². The Morgan fingerprint density at radius 2 is 2.00 bits per heavy atom. The van der Waals surface area contributed by atoms with Crippen molar-refractivity contribution in [2.24, 2.45) is 0 Å². The predicted octanol–water partition coefficient (Wildman–Crippen LogP) is 5.63. The molecule has 0 aliphatic heterocycles. The standard InChI is InChI=1S/C20H17ClN4O2S/c1-3-9-25-18(17-8-10-26-13(17)2)23-24-20(25)28-12-16-11-27-19(22-16)14-4-6-15(21)7-5-14/h3-8,10-11H,1,9,12H2,2H3. The number of rotatable bonds is 7. The summed E-state index contributed by atoms with van der Waals surface area (Å²) in [7, 11) is 0. The van der Waals surface area contributed by atoms with Crippen LogP contribution in [0.4, 0.5) is 0 Å². The molecular formula is C20H17ClN4O2S. The summed E-state index contributed by atoms with van der Waals surface area (Å²) < 4.78 is 13.0. The molecule has 8 heteroatoms. The van der Waals surface area contributed by atoms with E-state index < -0.39 is 0 Å². The SMILES string of the molecule is C=CCn1c(SCc2coc(-c3ccc(Cl)cc3)n2)nnc1-c1ccoc1C. The van der Waals surface area contributed by atoms with Crippen LogP contribution in [-0.4, -0.2) is 19.7 Å². The molecule has 4 rings (SSSR count). The highest BCUT2D eigenvalue weighted by Crippen LogP contribution is 2.29. The van der Waals surface area contributed by atoms with Gasteiger partial charge >= 0.3 is 0 Å². The van der Waals surface area contributed by atoms with Crippen molar-refractivity contribution in [3.05, 3.63) is 72.0 Å². The van der Waals surface area contributed by atoms with E-state index >= 15 is 0 Å². The van der Waals surface area contributed by atoms with Gasteiger partial charge in [-0.3, -0.25) is 4.57 Å². The monoisotopic (exact) mass is 412 g/mol. The van der Waals surface area contributed by atoms with Gasteiger partial charge in [0.1, 0.15) is 12.0 Å². The van der Waals surface area contributed by atoms with Crippen LogP contribution in [0.5, 0.6) is 0 Å². The summed E-state index contributed by atoms with van der Waals surface area (Å²) in [6.07, 6.45) is 5.13. The lowest BCUT2D eigenvalue weighted by molar-refractivity contribution is 0.534. The maximum atomic E-state index is 5.93. The fraction of sp³-hybridized carbons (Fsp3) is 0.150. The molecule has 0 saturated carbocycles. The highest BCUT2D eigenvalue weighted by atomic mass is 35.5. The van der Waals surface area contributed by atoms with Crippen molar-refractivity contribution in [1.29, 1.82) is 0 Å². The first-order valence-electron chi connectivity index (χ1n) is 8.57. The first kappa shape index (κ1) is 18.6. The first-order chi connectivity index (χ1) is 13.7. The summed E-state index contributed by atoms with van der Waals surface area (Å²) in [5.74, 6) is 2.74. The lowest BCUT2D eigenvalue weighted by Gasteiger charge is -2.06. The van der Waals surface area contributed by atoms with Crippen molar-refractivity contribution in [2.75, 3.05) is 0 Å². The molecule has 3 aromatic heterocycles. The van der Waals surface area contributed by atoms with Gasteiger partial charge in [0.25, 0.3) is 0 Å². The summed E-state index contributed by atoms with van der Waals surface area (Å²) >= 11 is 7.47. The zero-order valence-corrected chi connectivity index (χ0v) is 16.7. The topological polar surface area (TPSA) is 69.9 Å². The molecule has 0 bridgehead atoms. The molecule has 0 N–H and O–H groups in total. The molecular weight excluding hydrogens is 396 g/mol. The van der Waals surface area contributed by atoms with Crippen molar-refractivity contribution in [3.8, 4) is 22.8 Å². The molecule has 0 radical (unpaired) electrons. The molecule has 142 valence electrons. The number of hydrogen-bond donors (Lipinski definition) is 0. The van der Waals surface area contributed by atoms with Crippen LogP contribution >= 0.6 is 23.4 Å². The van der Waals surface area contributed by atoms with E-state index in [1.54, 1.807) is 24.3 Å². The van der Waals surface area contributed by atoms with Gasteiger partial charge in [0, 0.05) is 22.9 Å². The van der Waals surface area contributed by atoms with E-state index in [1.807, 2.05) is 47.9 Å². The molecule has 0 saturated heterocycles. The van der Waals surface area contributed by atoms with Crippen LogP contribution in [0.25, 0.3) is 22.8 Å². The van der Waals surface area contributed by atoms with Crippen LogP contribution in [0.15, 0.2) is 69.5 Å². The Kier molecular flexibility index (Phi) is 5.36. The molecule has 0 spiro atoms.